The van der Waals surface area contributed by atoms with Crippen LogP contribution in [0.1, 0.15) is 26.3 Å². The van der Waals surface area contributed by atoms with Gasteiger partial charge in [0.05, 0.1) is 13.7 Å². The van der Waals surface area contributed by atoms with Crippen LogP contribution in [-0.2, 0) is 6.54 Å². The molecule has 0 aliphatic carbocycles. The number of halogens is 1. The minimum absolute atomic E-state index is 0. The highest BCUT2D eigenvalue weighted by Crippen LogP contribution is 2.12. The third-order valence-corrected chi connectivity index (χ3v) is 3.51. The number of hydrogen-bond acceptors (Lipinski definition) is 3. The summed E-state index contributed by atoms with van der Waals surface area (Å²) in [4.78, 5) is 7.02. The average molecular weight is 434 g/mol. The number of guanidine groups is 1. The van der Waals surface area contributed by atoms with E-state index in [0.29, 0.717) is 6.54 Å². The van der Waals surface area contributed by atoms with Crippen molar-refractivity contribution in [2.75, 3.05) is 39.8 Å². The topological polar surface area (TPSA) is 48.9 Å². The lowest BCUT2D eigenvalue weighted by Gasteiger charge is -2.19. The van der Waals surface area contributed by atoms with Gasteiger partial charge in [-0.1, -0.05) is 26.0 Å². The highest BCUT2D eigenvalue weighted by atomic mass is 127. The Bertz CT molecular complexity index is 450. The molecule has 0 unspecified atom stereocenters. The van der Waals surface area contributed by atoms with E-state index >= 15 is 0 Å². The van der Waals surface area contributed by atoms with Crippen molar-refractivity contribution in [3.8, 4) is 5.75 Å². The Hall–Kier alpha value is -1.02. The van der Waals surface area contributed by atoms with Gasteiger partial charge >= 0.3 is 0 Å². The quantitative estimate of drug-likeness (QED) is 0.357. The fraction of sp³-hybridized carbons (Fsp3) is 0.588. The summed E-state index contributed by atoms with van der Waals surface area (Å²) in [6, 6.07) is 8.01. The zero-order chi connectivity index (χ0) is 16.2. The molecule has 0 heterocycles. The third-order valence-electron chi connectivity index (χ3n) is 3.51. The van der Waals surface area contributed by atoms with Crippen LogP contribution in [0.25, 0.3) is 0 Å². The van der Waals surface area contributed by atoms with E-state index in [1.165, 1.54) is 0 Å². The van der Waals surface area contributed by atoms with E-state index in [2.05, 4.69) is 47.4 Å². The molecule has 0 atom stereocenters. The number of methoxy groups -OCH3 is 1. The van der Waals surface area contributed by atoms with E-state index in [4.69, 9.17) is 4.74 Å². The van der Waals surface area contributed by atoms with Crippen LogP contribution in [0.15, 0.2) is 29.3 Å². The van der Waals surface area contributed by atoms with Gasteiger partial charge in [0, 0.05) is 19.6 Å². The van der Waals surface area contributed by atoms with Crippen LogP contribution in [0, 0.1) is 0 Å². The third kappa shape index (κ3) is 9.00. The minimum Gasteiger partial charge on any atom is -0.497 e. The van der Waals surface area contributed by atoms with E-state index in [-0.39, 0.29) is 24.0 Å². The lowest BCUT2D eigenvalue weighted by molar-refractivity contribution is 0.308. The van der Waals surface area contributed by atoms with E-state index in [9.17, 15) is 0 Å². The average Bonchev–Trinajstić information content (AvgIpc) is 2.56. The van der Waals surface area contributed by atoms with Gasteiger partial charge in [-0.05, 0) is 37.7 Å². The van der Waals surface area contributed by atoms with Crippen LogP contribution in [-0.4, -0.2) is 50.7 Å². The zero-order valence-corrected chi connectivity index (χ0v) is 17.1. The molecular weight excluding hydrogens is 403 g/mol. The standard InChI is InChI=1S/C17H30N4O.HI/c1-5-18-17(19-11-12-21(6-2)7-3)20-14-15-9-8-10-16(13-15)22-4;/h8-10,13H,5-7,11-12,14H2,1-4H3,(H2,18,19,20);1H. The number of rotatable bonds is 9. The first-order valence-corrected chi connectivity index (χ1v) is 8.10. The molecule has 0 aromatic heterocycles. The monoisotopic (exact) mass is 434 g/mol. The Kier molecular flexibility index (Phi) is 12.8. The molecule has 0 spiro atoms. The number of benzene rings is 1. The normalized spacial score (nSPS) is 11.1. The van der Waals surface area contributed by atoms with Crippen molar-refractivity contribution in [3.05, 3.63) is 29.8 Å². The van der Waals surface area contributed by atoms with Crippen molar-refractivity contribution in [1.29, 1.82) is 0 Å². The van der Waals surface area contributed by atoms with Crippen LogP contribution >= 0.6 is 24.0 Å². The molecule has 0 amide bonds. The Morgan fingerprint density at radius 2 is 1.91 bits per heavy atom. The molecule has 1 aromatic rings. The summed E-state index contributed by atoms with van der Waals surface area (Å²) >= 11 is 0. The molecule has 0 aliphatic heterocycles. The second-order valence-corrected chi connectivity index (χ2v) is 5.00. The highest BCUT2D eigenvalue weighted by Gasteiger charge is 2.01. The summed E-state index contributed by atoms with van der Waals surface area (Å²) in [6.07, 6.45) is 0. The van der Waals surface area contributed by atoms with Gasteiger partial charge < -0.3 is 20.3 Å². The Morgan fingerprint density at radius 3 is 2.52 bits per heavy atom. The number of likely N-dealkylation sites (N-methyl/N-ethyl adjacent to an activating group) is 1. The lowest BCUT2D eigenvalue weighted by atomic mass is 10.2. The molecule has 1 rings (SSSR count). The molecule has 132 valence electrons. The molecule has 1 aromatic carbocycles. The van der Waals surface area contributed by atoms with Crippen molar-refractivity contribution < 1.29 is 4.74 Å². The minimum atomic E-state index is 0. The van der Waals surface area contributed by atoms with E-state index in [0.717, 1.165) is 50.0 Å². The first-order valence-electron chi connectivity index (χ1n) is 8.10. The van der Waals surface area contributed by atoms with Crippen molar-refractivity contribution in [2.24, 2.45) is 4.99 Å². The Morgan fingerprint density at radius 1 is 1.17 bits per heavy atom. The van der Waals surface area contributed by atoms with Crippen LogP contribution in [0.2, 0.25) is 0 Å². The molecule has 0 aliphatic rings. The summed E-state index contributed by atoms with van der Waals surface area (Å²) in [5.41, 5.74) is 1.14. The number of nitrogens with zero attached hydrogens (tertiary/aromatic N) is 2. The maximum absolute atomic E-state index is 5.24. The summed E-state index contributed by atoms with van der Waals surface area (Å²) < 4.78 is 5.24. The number of ether oxygens (including phenoxy) is 1. The lowest BCUT2D eigenvalue weighted by Crippen LogP contribution is -2.41. The van der Waals surface area contributed by atoms with Crippen molar-refractivity contribution in [1.82, 2.24) is 15.5 Å². The van der Waals surface area contributed by atoms with Crippen LogP contribution < -0.4 is 15.4 Å². The molecule has 0 fully saturated rings. The first kappa shape index (κ1) is 22.0. The van der Waals surface area contributed by atoms with Gasteiger partial charge in [-0.25, -0.2) is 4.99 Å². The van der Waals surface area contributed by atoms with Gasteiger partial charge in [0.2, 0.25) is 0 Å². The fourth-order valence-electron chi connectivity index (χ4n) is 2.16. The van der Waals surface area contributed by atoms with Gasteiger partial charge in [0.15, 0.2) is 5.96 Å². The molecule has 23 heavy (non-hydrogen) atoms. The Balaban J connectivity index is 0.00000484. The van der Waals surface area contributed by atoms with Gasteiger partial charge in [-0.3, -0.25) is 0 Å². The predicted octanol–water partition coefficient (Wildman–Crippen LogP) is 2.71. The van der Waals surface area contributed by atoms with Gasteiger partial charge in [-0.2, -0.15) is 0 Å². The molecular formula is C17H31IN4O. The molecule has 0 saturated carbocycles. The smallest absolute Gasteiger partial charge is 0.191 e. The molecule has 2 N–H and O–H groups in total. The highest BCUT2D eigenvalue weighted by molar-refractivity contribution is 14.0. The second-order valence-electron chi connectivity index (χ2n) is 5.00. The van der Waals surface area contributed by atoms with E-state index < -0.39 is 0 Å². The van der Waals surface area contributed by atoms with Gasteiger partial charge in [0.1, 0.15) is 5.75 Å². The van der Waals surface area contributed by atoms with E-state index in [1.807, 2.05) is 18.2 Å². The van der Waals surface area contributed by atoms with Crippen molar-refractivity contribution in [2.45, 2.75) is 27.3 Å². The summed E-state index contributed by atoms with van der Waals surface area (Å²) in [5.74, 6) is 1.73. The summed E-state index contributed by atoms with van der Waals surface area (Å²) in [7, 11) is 1.68. The molecule has 0 radical (unpaired) electrons. The van der Waals surface area contributed by atoms with E-state index in [1.54, 1.807) is 7.11 Å². The second kappa shape index (κ2) is 13.4. The summed E-state index contributed by atoms with van der Waals surface area (Å²) in [6.45, 7) is 12.0. The first-order chi connectivity index (χ1) is 10.7. The zero-order valence-electron chi connectivity index (χ0n) is 14.8. The SMILES string of the molecule is CCNC(=NCc1cccc(OC)c1)NCCN(CC)CC.I. The molecule has 6 heteroatoms. The summed E-state index contributed by atoms with van der Waals surface area (Å²) in [5, 5.41) is 6.66. The molecule has 5 nitrogen and oxygen atoms in total. The van der Waals surface area contributed by atoms with Crippen molar-refractivity contribution >= 4 is 29.9 Å². The number of hydrogen-bond donors (Lipinski definition) is 2. The van der Waals surface area contributed by atoms with Crippen LogP contribution in [0.4, 0.5) is 0 Å². The predicted molar refractivity (Wildman–Crippen MR) is 109 cm³/mol. The Labute approximate surface area is 157 Å². The maximum atomic E-state index is 5.24. The van der Waals surface area contributed by atoms with Gasteiger partial charge in [-0.15, -0.1) is 24.0 Å². The molecule has 0 bridgehead atoms. The number of nitrogens with one attached hydrogen (secondary N) is 2. The van der Waals surface area contributed by atoms with Crippen LogP contribution in [0.3, 0.4) is 0 Å². The number of aliphatic imine (C=N–C) groups is 1. The van der Waals surface area contributed by atoms with Crippen LogP contribution in [0.5, 0.6) is 5.75 Å². The van der Waals surface area contributed by atoms with Gasteiger partial charge in [0.25, 0.3) is 0 Å². The maximum Gasteiger partial charge on any atom is 0.191 e. The van der Waals surface area contributed by atoms with Crippen molar-refractivity contribution in [3.63, 3.8) is 0 Å². The largest absolute Gasteiger partial charge is 0.497 e. The molecule has 0 saturated heterocycles. The fourth-order valence-corrected chi connectivity index (χ4v) is 2.16.